The maximum absolute atomic E-state index is 12.5. The standard InChI is InChI=1S/C6H9F2N.ClH/c7-6(8)1-4-2-9-3-5(4)6;/h4-5,9H,1-3H2;1H/t4-,5-;/m0./s1. The Hall–Kier alpha value is 0.110. The molecule has 1 N–H and O–H groups in total. The molecule has 1 aliphatic carbocycles. The summed E-state index contributed by atoms with van der Waals surface area (Å²) in [6, 6.07) is 0. The summed E-state index contributed by atoms with van der Waals surface area (Å²) in [6.45, 7) is 1.33. The van der Waals surface area contributed by atoms with Gasteiger partial charge in [-0.25, -0.2) is 8.78 Å². The zero-order valence-corrected chi connectivity index (χ0v) is 6.26. The number of hydrogen-bond acceptors (Lipinski definition) is 1. The van der Waals surface area contributed by atoms with Gasteiger partial charge in [0, 0.05) is 18.9 Å². The van der Waals surface area contributed by atoms with Gasteiger partial charge in [0.2, 0.25) is 0 Å². The number of fused-ring (bicyclic) bond motifs is 1. The van der Waals surface area contributed by atoms with Gasteiger partial charge in [0.25, 0.3) is 5.92 Å². The van der Waals surface area contributed by atoms with E-state index in [1.165, 1.54) is 0 Å². The van der Waals surface area contributed by atoms with Crippen molar-refractivity contribution >= 4 is 12.4 Å². The molecule has 0 aromatic heterocycles. The van der Waals surface area contributed by atoms with Crippen LogP contribution in [0.25, 0.3) is 0 Å². The molecule has 2 rings (SSSR count). The third-order valence-corrected chi connectivity index (χ3v) is 2.42. The summed E-state index contributed by atoms with van der Waals surface area (Å²) in [7, 11) is 0. The van der Waals surface area contributed by atoms with Crippen molar-refractivity contribution in [2.45, 2.75) is 12.3 Å². The molecule has 0 aromatic carbocycles. The van der Waals surface area contributed by atoms with Gasteiger partial charge in [-0.05, 0) is 12.5 Å². The Morgan fingerprint density at radius 1 is 1.30 bits per heavy atom. The molecule has 2 fully saturated rings. The van der Waals surface area contributed by atoms with E-state index in [4.69, 9.17) is 0 Å². The fraction of sp³-hybridized carbons (Fsp3) is 1.00. The van der Waals surface area contributed by atoms with Crippen LogP contribution in [0.4, 0.5) is 8.78 Å². The Morgan fingerprint density at radius 2 is 2.00 bits per heavy atom. The van der Waals surface area contributed by atoms with E-state index in [0.29, 0.717) is 6.54 Å². The first kappa shape index (κ1) is 8.21. The van der Waals surface area contributed by atoms with Gasteiger partial charge < -0.3 is 5.32 Å². The van der Waals surface area contributed by atoms with Crippen LogP contribution in [0.2, 0.25) is 0 Å². The van der Waals surface area contributed by atoms with Crippen LogP contribution in [-0.2, 0) is 0 Å². The van der Waals surface area contributed by atoms with Crippen LogP contribution in [0.5, 0.6) is 0 Å². The van der Waals surface area contributed by atoms with Gasteiger partial charge in [0.05, 0.1) is 0 Å². The smallest absolute Gasteiger partial charge is 0.252 e. The third-order valence-electron chi connectivity index (χ3n) is 2.42. The SMILES string of the molecule is Cl.FC1(F)C[C@H]2CNC[C@@H]21. The minimum atomic E-state index is -2.34. The lowest BCUT2D eigenvalue weighted by Crippen LogP contribution is -2.46. The third kappa shape index (κ3) is 0.920. The molecule has 4 heteroatoms. The number of nitrogens with one attached hydrogen (secondary N) is 1. The lowest BCUT2D eigenvalue weighted by atomic mass is 9.72. The second-order valence-corrected chi connectivity index (χ2v) is 2.99. The Kier molecular flexibility index (Phi) is 1.90. The van der Waals surface area contributed by atoms with E-state index in [-0.39, 0.29) is 30.7 Å². The first-order chi connectivity index (χ1) is 4.20. The quantitative estimate of drug-likeness (QED) is 0.576. The van der Waals surface area contributed by atoms with E-state index in [1.807, 2.05) is 0 Å². The summed E-state index contributed by atoms with van der Waals surface area (Å²) in [5, 5.41) is 2.96. The van der Waals surface area contributed by atoms with Crippen LogP contribution in [0.3, 0.4) is 0 Å². The lowest BCUT2D eigenvalue weighted by Gasteiger charge is -2.38. The molecule has 10 heavy (non-hydrogen) atoms. The maximum Gasteiger partial charge on any atom is 0.252 e. The second kappa shape index (κ2) is 2.31. The molecule has 0 spiro atoms. The highest BCUT2D eigenvalue weighted by atomic mass is 35.5. The van der Waals surface area contributed by atoms with Gasteiger partial charge >= 0.3 is 0 Å². The van der Waals surface area contributed by atoms with Crippen LogP contribution >= 0.6 is 12.4 Å². The van der Waals surface area contributed by atoms with Crippen molar-refractivity contribution in [3.8, 4) is 0 Å². The molecule has 0 aromatic rings. The zero-order valence-electron chi connectivity index (χ0n) is 5.44. The average molecular weight is 170 g/mol. The molecule has 0 bridgehead atoms. The molecule has 0 unspecified atom stereocenters. The molecule has 0 radical (unpaired) electrons. The average Bonchev–Trinajstić information content (AvgIpc) is 2.10. The molecular weight excluding hydrogens is 160 g/mol. The summed E-state index contributed by atoms with van der Waals surface area (Å²) >= 11 is 0. The molecule has 2 atom stereocenters. The number of rotatable bonds is 0. The molecule has 1 heterocycles. The van der Waals surface area contributed by atoms with Crippen LogP contribution < -0.4 is 5.32 Å². The van der Waals surface area contributed by atoms with E-state index >= 15 is 0 Å². The molecule has 1 aliphatic heterocycles. The zero-order chi connectivity index (χ0) is 6.48. The Labute approximate surface area is 64.6 Å². The summed E-state index contributed by atoms with van der Waals surface area (Å²) in [5.74, 6) is -2.40. The van der Waals surface area contributed by atoms with Crippen molar-refractivity contribution < 1.29 is 8.78 Å². The van der Waals surface area contributed by atoms with E-state index in [2.05, 4.69) is 5.32 Å². The Balaban J connectivity index is 0.000000500. The molecule has 60 valence electrons. The largest absolute Gasteiger partial charge is 0.316 e. The summed E-state index contributed by atoms with van der Waals surface area (Å²) in [4.78, 5) is 0. The highest BCUT2D eigenvalue weighted by Crippen LogP contribution is 2.49. The van der Waals surface area contributed by atoms with E-state index in [9.17, 15) is 8.78 Å². The van der Waals surface area contributed by atoms with Gasteiger partial charge in [-0.2, -0.15) is 0 Å². The van der Waals surface area contributed by atoms with Gasteiger partial charge in [-0.3, -0.25) is 0 Å². The minimum Gasteiger partial charge on any atom is -0.316 e. The first-order valence-electron chi connectivity index (χ1n) is 3.29. The van der Waals surface area contributed by atoms with Crippen molar-refractivity contribution in [1.82, 2.24) is 5.32 Å². The number of alkyl halides is 2. The fourth-order valence-corrected chi connectivity index (χ4v) is 1.78. The maximum atomic E-state index is 12.5. The number of hydrogen-bond donors (Lipinski definition) is 1. The van der Waals surface area contributed by atoms with Gasteiger partial charge in [-0.1, -0.05) is 0 Å². The molecule has 2 aliphatic rings. The molecule has 1 saturated carbocycles. The van der Waals surface area contributed by atoms with E-state index < -0.39 is 5.92 Å². The second-order valence-electron chi connectivity index (χ2n) is 2.99. The molecular formula is C6H10ClF2N. The predicted molar refractivity (Wildman–Crippen MR) is 36.7 cm³/mol. The van der Waals surface area contributed by atoms with Crippen LogP contribution in [-0.4, -0.2) is 19.0 Å². The van der Waals surface area contributed by atoms with Crippen LogP contribution in [0.15, 0.2) is 0 Å². The van der Waals surface area contributed by atoms with E-state index in [1.54, 1.807) is 0 Å². The molecule has 1 saturated heterocycles. The van der Waals surface area contributed by atoms with Crippen LogP contribution in [0.1, 0.15) is 6.42 Å². The monoisotopic (exact) mass is 169 g/mol. The van der Waals surface area contributed by atoms with Crippen molar-refractivity contribution in [1.29, 1.82) is 0 Å². The predicted octanol–water partition coefficient (Wildman–Crippen LogP) is 1.28. The van der Waals surface area contributed by atoms with Gasteiger partial charge in [0.1, 0.15) is 0 Å². The topological polar surface area (TPSA) is 12.0 Å². The highest BCUT2D eigenvalue weighted by Gasteiger charge is 2.57. The Bertz CT molecular complexity index is 140. The van der Waals surface area contributed by atoms with Crippen molar-refractivity contribution in [3.63, 3.8) is 0 Å². The van der Waals surface area contributed by atoms with Gasteiger partial charge in [0.15, 0.2) is 0 Å². The van der Waals surface area contributed by atoms with Crippen LogP contribution in [0, 0.1) is 11.8 Å². The fourth-order valence-electron chi connectivity index (χ4n) is 1.78. The first-order valence-corrected chi connectivity index (χ1v) is 3.29. The highest BCUT2D eigenvalue weighted by molar-refractivity contribution is 5.85. The summed E-state index contributed by atoms with van der Waals surface area (Å²) in [5.41, 5.74) is 0. The van der Waals surface area contributed by atoms with Crippen molar-refractivity contribution in [3.05, 3.63) is 0 Å². The minimum absolute atomic E-state index is 0. The van der Waals surface area contributed by atoms with Gasteiger partial charge in [-0.15, -0.1) is 12.4 Å². The van der Waals surface area contributed by atoms with Crippen molar-refractivity contribution in [2.75, 3.05) is 13.1 Å². The lowest BCUT2D eigenvalue weighted by molar-refractivity contribution is -0.152. The van der Waals surface area contributed by atoms with E-state index in [0.717, 1.165) is 6.54 Å². The Morgan fingerprint density at radius 3 is 2.40 bits per heavy atom. The molecule has 1 nitrogen and oxygen atoms in total. The summed E-state index contributed by atoms with van der Waals surface area (Å²) < 4.78 is 24.9. The molecule has 0 amide bonds. The summed E-state index contributed by atoms with van der Waals surface area (Å²) in [6.07, 6.45) is 0.116. The van der Waals surface area contributed by atoms with Crippen molar-refractivity contribution in [2.24, 2.45) is 11.8 Å². The number of halogens is 3. The normalized spacial score (nSPS) is 41.4.